The molecule has 0 aliphatic carbocycles. The Kier molecular flexibility index (Phi) is 5.10. The van der Waals surface area contributed by atoms with Gasteiger partial charge in [0.15, 0.2) is 0 Å². The van der Waals surface area contributed by atoms with Crippen LogP contribution in [0.5, 0.6) is 0 Å². The number of nitrogens with one attached hydrogen (secondary N) is 1. The van der Waals surface area contributed by atoms with Crippen molar-refractivity contribution < 1.29 is 9.63 Å². The quantitative estimate of drug-likeness (QED) is 0.674. The maximum atomic E-state index is 11.7. The van der Waals surface area contributed by atoms with Crippen molar-refractivity contribution in [3.05, 3.63) is 65.2 Å². The van der Waals surface area contributed by atoms with E-state index in [9.17, 15) is 4.79 Å². The lowest BCUT2D eigenvalue weighted by Crippen LogP contribution is -2.13. The minimum Gasteiger partial charge on any atom is -0.391 e. The first-order valence-corrected chi connectivity index (χ1v) is 6.72. The molecule has 2 rings (SSSR count). The predicted octanol–water partition coefficient (Wildman–Crippen LogP) is 3.44. The molecule has 0 aliphatic heterocycles. The van der Waals surface area contributed by atoms with Gasteiger partial charge in [-0.15, -0.1) is 0 Å². The number of anilines is 1. The van der Waals surface area contributed by atoms with Crippen LogP contribution >= 0.6 is 0 Å². The summed E-state index contributed by atoms with van der Waals surface area (Å²) in [6.07, 6.45) is 1.14. The average Bonchev–Trinajstić information content (AvgIpc) is 2.48. The first kappa shape index (κ1) is 14.8. The van der Waals surface area contributed by atoms with Crippen molar-refractivity contribution >= 4 is 17.8 Å². The molecular weight excluding hydrogens is 264 g/mol. The molecule has 2 aromatic rings. The van der Waals surface area contributed by atoms with E-state index in [2.05, 4.69) is 10.5 Å². The van der Waals surface area contributed by atoms with Crippen LogP contribution in [0.25, 0.3) is 0 Å². The molecule has 0 unspecified atom stereocenters. The van der Waals surface area contributed by atoms with Crippen LogP contribution in [-0.2, 0) is 16.2 Å². The van der Waals surface area contributed by atoms with Gasteiger partial charge in [-0.2, -0.15) is 0 Å². The van der Waals surface area contributed by atoms with Crippen molar-refractivity contribution in [2.75, 3.05) is 5.32 Å². The number of hydrogen-bond donors (Lipinski definition) is 1. The van der Waals surface area contributed by atoms with Crippen LogP contribution < -0.4 is 5.32 Å². The van der Waals surface area contributed by atoms with Crippen molar-refractivity contribution in [2.45, 2.75) is 20.5 Å². The SMILES string of the molecule is Cc1ccc(NC(=O)/C=N\OCc2ccccc2)c(C)c1. The van der Waals surface area contributed by atoms with Gasteiger partial charge in [0, 0.05) is 5.69 Å². The third-order valence-electron chi connectivity index (χ3n) is 2.96. The lowest BCUT2D eigenvalue weighted by Gasteiger charge is -2.06. The van der Waals surface area contributed by atoms with Crippen molar-refractivity contribution in [3.63, 3.8) is 0 Å². The van der Waals surface area contributed by atoms with Crippen LogP contribution in [-0.4, -0.2) is 12.1 Å². The molecule has 4 nitrogen and oxygen atoms in total. The molecule has 0 radical (unpaired) electrons. The monoisotopic (exact) mass is 282 g/mol. The van der Waals surface area contributed by atoms with E-state index < -0.39 is 0 Å². The molecule has 0 heterocycles. The zero-order valence-electron chi connectivity index (χ0n) is 12.2. The molecule has 0 bridgehead atoms. The van der Waals surface area contributed by atoms with Gasteiger partial charge in [0.05, 0.1) is 0 Å². The summed E-state index contributed by atoms with van der Waals surface area (Å²) in [6.45, 7) is 4.30. The minimum atomic E-state index is -0.310. The maximum Gasteiger partial charge on any atom is 0.270 e. The van der Waals surface area contributed by atoms with Crippen LogP contribution in [0.3, 0.4) is 0 Å². The topological polar surface area (TPSA) is 50.7 Å². The fraction of sp³-hybridized carbons (Fsp3) is 0.176. The van der Waals surface area contributed by atoms with Crippen molar-refractivity contribution in [3.8, 4) is 0 Å². The first-order chi connectivity index (χ1) is 10.1. The van der Waals surface area contributed by atoms with Gasteiger partial charge >= 0.3 is 0 Å². The van der Waals surface area contributed by atoms with Crippen molar-refractivity contribution in [2.24, 2.45) is 5.16 Å². The zero-order valence-corrected chi connectivity index (χ0v) is 12.2. The third-order valence-corrected chi connectivity index (χ3v) is 2.96. The molecule has 0 spiro atoms. The molecule has 1 amide bonds. The Bertz CT molecular complexity index is 636. The number of nitrogens with zero attached hydrogens (tertiary/aromatic N) is 1. The van der Waals surface area contributed by atoms with E-state index in [1.165, 1.54) is 0 Å². The molecule has 0 aromatic heterocycles. The van der Waals surface area contributed by atoms with Crippen molar-refractivity contribution in [1.29, 1.82) is 0 Å². The third kappa shape index (κ3) is 4.76. The summed E-state index contributed by atoms with van der Waals surface area (Å²) < 4.78 is 0. The summed E-state index contributed by atoms with van der Waals surface area (Å²) >= 11 is 0. The molecule has 21 heavy (non-hydrogen) atoms. The molecule has 4 heteroatoms. The highest BCUT2D eigenvalue weighted by Crippen LogP contribution is 2.15. The van der Waals surface area contributed by atoms with E-state index in [0.717, 1.165) is 28.6 Å². The lowest BCUT2D eigenvalue weighted by atomic mass is 10.1. The lowest BCUT2D eigenvalue weighted by molar-refractivity contribution is -0.110. The van der Waals surface area contributed by atoms with E-state index >= 15 is 0 Å². The standard InChI is InChI=1S/C17H18N2O2/c1-13-8-9-16(14(2)10-13)19-17(20)11-18-21-12-15-6-4-3-5-7-15/h3-11H,12H2,1-2H3,(H,19,20)/b18-11-. The van der Waals surface area contributed by atoms with E-state index in [1.807, 2.05) is 62.4 Å². The highest BCUT2D eigenvalue weighted by atomic mass is 16.6. The molecule has 1 N–H and O–H groups in total. The van der Waals surface area contributed by atoms with Gasteiger partial charge in [0.1, 0.15) is 12.8 Å². The molecule has 108 valence electrons. The van der Waals surface area contributed by atoms with Crippen LogP contribution in [0.1, 0.15) is 16.7 Å². The van der Waals surface area contributed by atoms with Gasteiger partial charge in [-0.25, -0.2) is 0 Å². The molecular formula is C17H18N2O2. The highest BCUT2D eigenvalue weighted by molar-refractivity contribution is 6.31. The minimum absolute atomic E-state index is 0.310. The second-order valence-electron chi connectivity index (χ2n) is 4.80. The number of rotatable bonds is 5. The van der Waals surface area contributed by atoms with Gasteiger partial charge in [-0.3, -0.25) is 4.79 Å². The predicted molar refractivity (Wildman–Crippen MR) is 84.3 cm³/mol. The molecule has 0 atom stereocenters. The summed E-state index contributed by atoms with van der Waals surface area (Å²) in [5.41, 5.74) is 3.96. The Balaban J connectivity index is 1.82. The number of hydrogen-bond acceptors (Lipinski definition) is 3. The van der Waals surface area contributed by atoms with Crippen LogP contribution in [0.2, 0.25) is 0 Å². The smallest absolute Gasteiger partial charge is 0.270 e. The summed E-state index contributed by atoms with van der Waals surface area (Å²) in [5.74, 6) is -0.310. The second kappa shape index (κ2) is 7.24. The maximum absolute atomic E-state index is 11.7. The Labute approximate surface area is 124 Å². The van der Waals surface area contributed by atoms with Crippen LogP contribution in [0, 0.1) is 13.8 Å². The largest absolute Gasteiger partial charge is 0.391 e. The highest BCUT2D eigenvalue weighted by Gasteiger charge is 2.02. The Morgan fingerprint density at radius 1 is 1.19 bits per heavy atom. The van der Waals surface area contributed by atoms with Gasteiger partial charge < -0.3 is 10.2 Å². The van der Waals surface area contributed by atoms with Gasteiger partial charge in [-0.05, 0) is 31.0 Å². The molecule has 0 saturated carbocycles. The fourth-order valence-electron chi connectivity index (χ4n) is 1.89. The van der Waals surface area contributed by atoms with E-state index in [-0.39, 0.29) is 5.91 Å². The Hall–Kier alpha value is -2.62. The van der Waals surface area contributed by atoms with Crippen molar-refractivity contribution in [1.82, 2.24) is 0 Å². The zero-order chi connectivity index (χ0) is 15.1. The van der Waals surface area contributed by atoms with Gasteiger partial charge in [0.2, 0.25) is 0 Å². The molecule has 2 aromatic carbocycles. The van der Waals surface area contributed by atoms with Crippen LogP contribution in [0.15, 0.2) is 53.7 Å². The summed E-state index contributed by atoms with van der Waals surface area (Å²) in [7, 11) is 0. The normalized spacial score (nSPS) is 10.6. The fourth-order valence-corrected chi connectivity index (χ4v) is 1.89. The average molecular weight is 282 g/mol. The van der Waals surface area contributed by atoms with E-state index in [0.29, 0.717) is 6.61 Å². The molecule has 0 fully saturated rings. The number of amides is 1. The number of carbonyl (C=O) groups excluding carboxylic acids is 1. The molecule has 0 saturated heterocycles. The van der Waals surface area contributed by atoms with Gasteiger partial charge in [-0.1, -0.05) is 53.2 Å². The number of aryl methyl sites for hydroxylation is 2. The number of carbonyl (C=O) groups is 1. The molecule has 0 aliphatic rings. The number of benzene rings is 2. The summed E-state index contributed by atoms with van der Waals surface area (Å²) in [6, 6.07) is 15.5. The Morgan fingerprint density at radius 3 is 2.67 bits per heavy atom. The Morgan fingerprint density at radius 2 is 1.95 bits per heavy atom. The van der Waals surface area contributed by atoms with Crippen LogP contribution in [0.4, 0.5) is 5.69 Å². The summed E-state index contributed by atoms with van der Waals surface area (Å²) in [4.78, 5) is 16.8. The van der Waals surface area contributed by atoms with Gasteiger partial charge in [0.25, 0.3) is 5.91 Å². The summed E-state index contributed by atoms with van der Waals surface area (Å²) in [5, 5.41) is 6.44. The second-order valence-corrected chi connectivity index (χ2v) is 4.80. The van der Waals surface area contributed by atoms with E-state index in [1.54, 1.807) is 0 Å². The van der Waals surface area contributed by atoms with E-state index in [4.69, 9.17) is 4.84 Å². The first-order valence-electron chi connectivity index (χ1n) is 6.72. The number of oxime groups is 1.